The Bertz CT molecular complexity index is 1530. The van der Waals surface area contributed by atoms with E-state index in [2.05, 4.69) is 22.0 Å². The molecule has 0 aliphatic carbocycles. The van der Waals surface area contributed by atoms with E-state index < -0.39 is 17.6 Å². The Labute approximate surface area is 230 Å². The third-order valence-electron chi connectivity index (χ3n) is 6.23. The molecule has 1 aliphatic rings. The number of hydrogen-bond donors (Lipinski definition) is 3. The number of allylic oxidation sites excluding steroid dienone is 2. The molecule has 198 valence electrons. The van der Waals surface area contributed by atoms with Gasteiger partial charge in [0, 0.05) is 22.5 Å². The van der Waals surface area contributed by atoms with E-state index in [0.717, 1.165) is 17.3 Å². The van der Waals surface area contributed by atoms with Crippen LogP contribution in [0, 0.1) is 24.1 Å². The maximum Gasteiger partial charge on any atom is 0.254 e. The first kappa shape index (κ1) is 27.5. The molecule has 39 heavy (non-hydrogen) atoms. The lowest BCUT2D eigenvalue weighted by Gasteiger charge is -2.30. The first-order valence-electron chi connectivity index (χ1n) is 12.1. The van der Waals surface area contributed by atoms with Crippen molar-refractivity contribution < 1.29 is 18.7 Å². The molecule has 4 rings (SSSR count). The Balaban J connectivity index is 1.66. The van der Waals surface area contributed by atoms with Gasteiger partial charge in [-0.3, -0.25) is 9.59 Å². The molecule has 3 N–H and O–H groups in total. The lowest BCUT2D eigenvalue weighted by atomic mass is 9.82. The monoisotopic (exact) mass is 542 g/mol. The number of amides is 2. The number of thioether (sulfide) groups is 1. The number of aryl methyl sites for hydroxylation is 1. The molecule has 1 heterocycles. The van der Waals surface area contributed by atoms with Crippen LogP contribution in [-0.4, -0.2) is 24.7 Å². The van der Waals surface area contributed by atoms with Crippen molar-refractivity contribution in [3.8, 4) is 11.8 Å². The lowest BCUT2D eigenvalue weighted by Crippen LogP contribution is -2.31. The van der Waals surface area contributed by atoms with Crippen LogP contribution in [0.1, 0.15) is 24.0 Å². The molecule has 1 atom stereocenters. The van der Waals surface area contributed by atoms with Gasteiger partial charge in [-0.1, -0.05) is 60.3 Å². The Morgan fingerprint density at radius 2 is 1.67 bits per heavy atom. The molecule has 0 aromatic heterocycles. The standard InChI is InChI=1S/C30H27FN4O3S/c1-18-10-4-7-13-23(18)34-26(36)17-39-30-21(16-32)28(20-11-5-6-12-22(20)31)27(19(2)33-30)29(37)35-24-14-8-9-15-25(24)38-3/h4-15,28,33H,17H2,1-3H3,(H,34,36)(H,35,37). The number of ether oxygens (including phenoxy) is 1. The molecular formula is C30H27FN4O3S. The highest BCUT2D eigenvalue weighted by atomic mass is 32.2. The molecule has 3 aromatic rings. The Kier molecular flexibility index (Phi) is 8.69. The van der Waals surface area contributed by atoms with Gasteiger partial charge in [0.15, 0.2) is 0 Å². The van der Waals surface area contributed by atoms with Crippen LogP contribution in [0.4, 0.5) is 15.8 Å². The number of rotatable bonds is 8. The van der Waals surface area contributed by atoms with Crippen LogP contribution in [0.25, 0.3) is 0 Å². The molecule has 0 bridgehead atoms. The van der Waals surface area contributed by atoms with Gasteiger partial charge in [0.05, 0.1) is 41.1 Å². The van der Waals surface area contributed by atoms with Crippen molar-refractivity contribution in [3.63, 3.8) is 0 Å². The molecular weight excluding hydrogens is 515 g/mol. The van der Waals surface area contributed by atoms with Gasteiger partial charge in [0.25, 0.3) is 5.91 Å². The number of anilines is 2. The minimum atomic E-state index is -0.992. The van der Waals surface area contributed by atoms with E-state index in [1.54, 1.807) is 49.4 Å². The van der Waals surface area contributed by atoms with Gasteiger partial charge in [-0.25, -0.2) is 4.39 Å². The number of dihydropyridines is 1. The number of carbonyl (C=O) groups is 2. The average Bonchev–Trinajstić information content (AvgIpc) is 2.93. The Hall–Kier alpha value is -4.55. The summed E-state index contributed by atoms with van der Waals surface area (Å²) in [7, 11) is 1.50. The summed E-state index contributed by atoms with van der Waals surface area (Å²) in [5, 5.41) is 19.4. The van der Waals surface area contributed by atoms with E-state index in [0.29, 0.717) is 27.9 Å². The predicted octanol–water partition coefficient (Wildman–Crippen LogP) is 5.85. The van der Waals surface area contributed by atoms with Gasteiger partial charge >= 0.3 is 0 Å². The third kappa shape index (κ3) is 6.13. The highest BCUT2D eigenvalue weighted by molar-refractivity contribution is 8.03. The second-order valence-corrected chi connectivity index (χ2v) is 9.76. The fourth-order valence-electron chi connectivity index (χ4n) is 4.32. The van der Waals surface area contributed by atoms with E-state index in [4.69, 9.17) is 4.74 Å². The van der Waals surface area contributed by atoms with Gasteiger partial charge in [0.2, 0.25) is 5.91 Å². The topological polar surface area (TPSA) is 103 Å². The molecule has 7 nitrogen and oxygen atoms in total. The maximum absolute atomic E-state index is 15.1. The van der Waals surface area contributed by atoms with Crippen molar-refractivity contribution in [2.24, 2.45) is 0 Å². The van der Waals surface area contributed by atoms with E-state index in [9.17, 15) is 14.9 Å². The number of hydrogen-bond acceptors (Lipinski definition) is 6. The summed E-state index contributed by atoms with van der Waals surface area (Å²) in [6.07, 6.45) is 0. The van der Waals surface area contributed by atoms with E-state index in [-0.39, 0.29) is 28.4 Å². The predicted molar refractivity (Wildman–Crippen MR) is 152 cm³/mol. The molecule has 0 fully saturated rings. The summed E-state index contributed by atoms with van der Waals surface area (Å²) in [6, 6.07) is 22.6. The van der Waals surface area contributed by atoms with Gasteiger partial charge in [-0.2, -0.15) is 5.26 Å². The van der Waals surface area contributed by atoms with Crippen molar-refractivity contribution in [2.45, 2.75) is 19.8 Å². The van der Waals surface area contributed by atoms with Crippen LogP contribution in [0.3, 0.4) is 0 Å². The summed E-state index contributed by atoms with van der Waals surface area (Å²) >= 11 is 1.12. The number of nitrogens with one attached hydrogen (secondary N) is 3. The number of para-hydroxylation sites is 3. The van der Waals surface area contributed by atoms with Crippen LogP contribution in [0.2, 0.25) is 0 Å². The normalized spacial score (nSPS) is 14.8. The van der Waals surface area contributed by atoms with Gasteiger partial charge in [0.1, 0.15) is 11.6 Å². The summed E-state index contributed by atoms with van der Waals surface area (Å²) in [6.45, 7) is 3.58. The van der Waals surface area contributed by atoms with Crippen molar-refractivity contribution >= 4 is 35.0 Å². The fourth-order valence-corrected chi connectivity index (χ4v) is 5.21. The van der Waals surface area contributed by atoms with Crippen LogP contribution in [0.15, 0.2) is 94.7 Å². The van der Waals surface area contributed by atoms with Crippen LogP contribution in [-0.2, 0) is 9.59 Å². The first-order valence-corrected chi connectivity index (χ1v) is 13.1. The van der Waals surface area contributed by atoms with E-state index in [1.807, 2.05) is 31.2 Å². The van der Waals surface area contributed by atoms with Gasteiger partial charge in [-0.15, -0.1) is 0 Å². The highest BCUT2D eigenvalue weighted by Crippen LogP contribution is 2.42. The third-order valence-corrected chi connectivity index (χ3v) is 7.25. The van der Waals surface area contributed by atoms with Crippen molar-refractivity contribution in [2.75, 3.05) is 23.5 Å². The number of benzene rings is 3. The highest BCUT2D eigenvalue weighted by Gasteiger charge is 2.36. The maximum atomic E-state index is 15.1. The van der Waals surface area contributed by atoms with Crippen LogP contribution >= 0.6 is 11.8 Å². The van der Waals surface area contributed by atoms with E-state index in [1.165, 1.54) is 13.2 Å². The number of methoxy groups -OCH3 is 1. The molecule has 9 heteroatoms. The molecule has 0 saturated carbocycles. The smallest absolute Gasteiger partial charge is 0.254 e. The summed E-state index contributed by atoms with van der Waals surface area (Å²) in [5.41, 5.74) is 3.02. The summed E-state index contributed by atoms with van der Waals surface area (Å²) in [4.78, 5) is 26.3. The SMILES string of the molecule is COc1ccccc1NC(=O)C1=C(C)NC(SCC(=O)Nc2ccccc2C)=C(C#N)C1c1ccccc1F. The molecule has 2 amide bonds. The average molecular weight is 543 g/mol. The molecule has 1 unspecified atom stereocenters. The molecule has 1 aliphatic heterocycles. The molecule has 0 saturated heterocycles. The number of nitriles is 1. The summed E-state index contributed by atoms with van der Waals surface area (Å²) in [5.74, 6) is -1.84. The largest absolute Gasteiger partial charge is 0.495 e. The molecule has 0 spiro atoms. The minimum Gasteiger partial charge on any atom is -0.495 e. The van der Waals surface area contributed by atoms with Crippen molar-refractivity contribution in [1.82, 2.24) is 5.32 Å². The van der Waals surface area contributed by atoms with Gasteiger partial charge in [-0.05, 0) is 43.7 Å². The quantitative estimate of drug-likeness (QED) is 0.330. The number of halogens is 1. The molecule has 0 radical (unpaired) electrons. The van der Waals surface area contributed by atoms with Gasteiger partial charge < -0.3 is 20.7 Å². The zero-order valence-electron chi connectivity index (χ0n) is 21.7. The number of carbonyl (C=O) groups excluding carboxylic acids is 2. The van der Waals surface area contributed by atoms with Crippen molar-refractivity contribution in [3.05, 3.63) is 112 Å². The first-order chi connectivity index (χ1) is 18.8. The molecule has 3 aromatic carbocycles. The zero-order chi connectivity index (χ0) is 27.9. The minimum absolute atomic E-state index is 0.00185. The van der Waals surface area contributed by atoms with E-state index >= 15 is 4.39 Å². The summed E-state index contributed by atoms with van der Waals surface area (Å²) < 4.78 is 20.5. The Morgan fingerprint density at radius 1 is 1.00 bits per heavy atom. The second-order valence-electron chi connectivity index (χ2n) is 8.78. The lowest BCUT2D eigenvalue weighted by molar-refractivity contribution is -0.114. The fraction of sp³-hybridized carbons (Fsp3) is 0.167. The van der Waals surface area contributed by atoms with Crippen LogP contribution < -0.4 is 20.7 Å². The van der Waals surface area contributed by atoms with Crippen molar-refractivity contribution in [1.29, 1.82) is 5.26 Å². The number of nitrogens with zero attached hydrogens (tertiary/aromatic N) is 1. The second kappa shape index (κ2) is 12.3. The van der Waals surface area contributed by atoms with Crippen LogP contribution in [0.5, 0.6) is 5.75 Å². The Morgan fingerprint density at radius 3 is 2.36 bits per heavy atom. The zero-order valence-corrected chi connectivity index (χ0v) is 22.5.